The molecule has 0 aliphatic carbocycles. The van der Waals surface area contributed by atoms with Gasteiger partial charge in [-0.05, 0) is 32.5 Å². The molecule has 0 saturated carbocycles. The van der Waals surface area contributed by atoms with Gasteiger partial charge in [0.2, 0.25) is 0 Å². The molecule has 1 aromatic heterocycles. The molecule has 1 aliphatic heterocycles. The van der Waals surface area contributed by atoms with Crippen LogP contribution in [-0.2, 0) is 19.9 Å². The Labute approximate surface area is 133 Å². The lowest BCUT2D eigenvalue weighted by atomic mass is 10.0. The summed E-state index contributed by atoms with van der Waals surface area (Å²) in [6, 6.07) is 3.41. The number of rotatable bonds is 7. The maximum Gasteiger partial charge on any atom is 0.0624 e. The van der Waals surface area contributed by atoms with Gasteiger partial charge in [-0.2, -0.15) is 16.9 Å². The minimum atomic E-state index is 0.517. The summed E-state index contributed by atoms with van der Waals surface area (Å²) in [5.41, 5.74) is 2.55. The lowest BCUT2D eigenvalue weighted by molar-refractivity contribution is 0.212. The Morgan fingerprint density at radius 2 is 2.24 bits per heavy atom. The molecule has 5 heteroatoms. The van der Waals surface area contributed by atoms with E-state index in [1.165, 1.54) is 35.9 Å². The second-order valence-electron chi connectivity index (χ2n) is 5.99. The quantitative estimate of drug-likeness (QED) is 0.834. The second kappa shape index (κ2) is 8.20. The lowest BCUT2D eigenvalue weighted by Crippen LogP contribution is -2.54. The Balaban J connectivity index is 2.09. The number of hydrogen-bond donors (Lipinski definition) is 1. The minimum absolute atomic E-state index is 0.517. The highest BCUT2D eigenvalue weighted by molar-refractivity contribution is 7.99. The summed E-state index contributed by atoms with van der Waals surface area (Å²) in [6.45, 7) is 6.70. The molecule has 0 aromatic carbocycles. The molecule has 1 aliphatic rings. The van der Waals surface area contributed by atoms with Crippen LogP contribution in [0.15, 0.2) is 6.07 Å². The zero-order chi connectivity index (χ0) is 15.2. The molecule has 1 saturated heterocycles. The predicted molar refractivity (Wildman–Crippen MR) is 92.1 cm³/mol. The summed E-state index contributed by atoms with van der Waals surface area (Å²) in [7, 11) is 4.34. The van der Waals surface area contributed by atoms with Gasteiger partial charge in [-0.1, -0.05) is 13.8 Å². The largest absolute Gasteiger partial charge is 0.312 e. The number of nitrogens with zero attached hydrogens (tertiary/aromatic N) is 3. The van der Waals surface area contributed by atoms with Crippen LogP contribution in [0.2, 0.25) is 0 Å². The van der Waals surface area contributed by atoms with Crippen LogP contribution in [0, 0.1) is 0 Å². The van der Waals surface area contributed by atoms with E-state index in [0.717, 1.165) is 19.4 Å². The van der Waals surface area contributed by atoms with Gasteiger partial charge < -0.3 is 10.2 Å². The maximum atomic E-state index is 4.60. The summed E-state index contributed by atoms with van der Waals surface area (Å²) in [5, 5.41) is 8.37. The van der Waals surface area contributed by atoms with Gasteiger partial charge >= 0.3 is 0 Å². The van der Waals surface area contributed by atoms with Crippen LogP contribution in [0.1, 0.15) is 31.7 Å². The zero-order valence-electron chi connectivity index (χ0n) is 13.9. The van der Waals surface area contributed by atoms with E-state index in [9.17, 15) is 0 Å². The summed E-state index contributed by atoms with van der Waals surface area (Å²) < 4.78 is 2.06. The molecule has 0 amide bonds. The average Bonchev–Trinajstić information content (AvgIpc) is 2.84. The third-order valence-corrected chi connectivity index (χ3v) is 5.43. The van der Waals surface area contributed by atoms with Gasteiger partial charge in [-0.3, -0.25) is 4.68 Å². The molecule has 2 heterocycles. The first-order chi connectivity index (χ1) is 10.2. The maximum absolute atomic E-state index is 4.60. The highest BCUT2D eigenvalue weighted by Gasteiger charge is 2.28. The first-order valence-electron chi connectivity index (χ1n) is 8.18. The fourth-order valence-electron chi connectivity index (χ4n) is 2.96. The van der Waals surface area contributed by atoms with Crippen molar-refractivity contribution in [2.24, 2.45) is 7.05 Å². The van der Waals surface area contributed by atoms with Crippen molar-refractivity contribution in [3.8, 4) is 0 Å². The van der Waals surface area contributed by atoms with Crippen LogP contribution in [0.25, 0.3) is 0 Å². The van der Waals surface area contributed by atoms with Gasteiger partial charge in [0, 0.05) is 49.3 Å². The van der Waals surface area contributed by atoms with Crippen molar-refractivity contribution in [2.75, 3.05) is 31.6 Å². The smallest absolute Gasteiger partial charge is 0.0624 e. The number of likely N-dealkylation sites (N-methyl/N-ethyl adjacent to an activating group) is 1. The molecule has 0 bridgehead atoms. The van der Waals surface area contributed by atoms with Crippen molar-refractivity contribution in [1.29, 1.82) is 0 Å². The lowest BCUT2D eigenvalue weighted by Gasteiger charge is -2.38. The third-order valence-electron chi connectivity index (χ3n) is 4.38. The van der Waals surface area contributed by atoms with E-state index in [1.807, 2.05) is 0 Å². The topological polar surface area (TPSA) is 33.1 Å². The summed E-state index contributed by atoms with van der Waals surface area (Å²) >= 11 is 2.09. The molecule has 1 N–H and O–H groups in total. The van der Waals surface area contributed by atoms with Crippen molar-refractivity contribution in [1.82, 2.24) is 20.0 Å². The predicted octanol–water partition coefficient (Wildman–Crippen LogP) is 1.94. The Bertz CT molecular complexity index is 432. The SMILES string of the molecule is CCCNC(Cc1cc(CC)nn1C)C1CSCCN1C. The first-order valence-corrected chi connectivity index (χ1v) is 9.34. The van der Waals surface area contributed by atoms with Crippen LogP contribution in [-0.4, -0.2) is 58.4 Å². The molecule has 2 unspecified atom stereocenters. The molecule has 1 fully saturated rings. The molecular formula is C16H30N4S. The Hall–Kier alpha value is -0.520. The number of nitrogens with one attached hydrogen (secondary N) is 1. The molecule has 4 nitrogen and oxygen atoms in total. The molecule has 2 atom stereocenters. The van der Waals surface area contributed by atoms with Gasteiger partial charge in [-0.25, -0.2) is 0 Å². The monoisotopic (exact) mass is 310 g/mol. The van der Waals surface area contributed by atoms with Crippen molar-refractivity contribution in [3.05, 3.63) is 17.5 Å². The van der Waals surface area contributed by atoms with E-state index in [2.05, 4.69) is 65.8 Å². The van der Waals surface area contributed by atoms with E-state index in [-0.39, 0.29) is 0 Å². The standard InChI is InChI=1S/C16H30N4S/c1-5-7-17-15(16-12-21-9-8-19(16)3)11-14-10-13(6-2)18-20(14)4/h10,15-17H,5-9,11-12H2,1-4H3. The van der Waals surface area contributed by atoms with Crippen molar-refractivity contribution >= 4 is 11.8 Å². The third kappa shape index (κ3) is 4.47. The summed E-state index contributed by atoms with van der Waals surface area (Å²) in [5.74, 6) is 2.50. The van der Waals surface area contributed by atoms with Crippen molar-refractivity contribution < 1.29 is 0 Å². The van der Waals surface area contributed by atoms with Gasteiger partial charge in [-0.15, -0.1) is 0 Å². The molecule has 120 valence electrons. The van der Waals surface area contributed by atoms with E-state index in [1.54, 1.807) is 0 Å². The summed E-state index contributed by atoms with van der Waals surface area (Å²) in [6.07, 6.45) is 3.27. The van der Waals surface area contributed by atoms with Crippen molar-refractivity contribution in [2.45, 2.75) is 45.2 Å². The Morgan fingerprint density at radius 3 is 2.86 bits per heavy atom. The van der Waals surface area contributed by atoms with E-state index in [0.29, 0.717) is 12.1 Å². The van der Waals surface area contributed by atoms with Gasteiger partial charge in [0.15, 0.2) is 0 Å². The number of aromatic nitrogens is 2. The van der Waals surface area contributed by atoms with Crippen molar-refractivity contribution in [3.63, 3.8) is 0 Å². The highest BCUT2D eigenvalue weighted by Crippen LogP contribution is 2.20. The first kappa shape index (κ1) is 16.8. The average molecular weight is 311 g/mol. The van der Waals surface area contributed by atoms with Crippen LogP contribution in [0.3, 0.4) is 0 Å². The fourth-order valence-corrected chi connectivity index (χ4v) is 4.28. The van der Waals surface area contributed by atoms with Gasteiger partial charge in [0.05, 0.1) is 5.69 Å². The highest BCUT2D eigenvalue weighted by atomic mass is 32.2. The summed E-state index contributed by atoms with van der Waals surface area (Å²) in [4.78, 5) is 2.53. The zero-order valence-corrected chi connectivity index (χ0v) is 14.7. The van der Waals surface area contributed by atoms with Crippen LogP contribution >= 0.6 is 11.8 Å². The molecule has 1 aromatic rings. The molecule has 21 heavy (non-hydrogen) atoms. The van der Waals surface area contributed by atoms with E-state index >= 15 is 0 Å². The second-order valence-corrected chi connectivity index (χ2v) is 7.14. The van der Waals surface area contributed by atoms with Gasteiger partial charge in [0.25, 0.3) is 0 Å². The molecule has 0 spiro atoms. The molecular weight excluding hydrogens is 280 g/mol. The Morgan fingerprint density at radius 1 is 1.43 bits per heavy atom. The van der Waals surface area contributed by atoms with Crippen LogP contribution in [0.5, 0.6) is 0 Å². The number of hydrogen-bond acceptors (Lipinski definition) is 4. The Kier molecular flexibility index (Phi) is 6.58. The number of aryl methyl sites for hydroxylation is 2. The molecule has 2 rings (SSSR count). The number of thioether (sulfide) groups is 1. The van der Waals surface area contributed by atoms with Crippen LogP contribution in [0.4, 0.5) is 0 Å². The van der Waals surface area contributed by atoms with E-state index in [4.69, 9.17) is 0 Å². The van der Waals surface area contributed by atoms with E-state index < -0.39 is 0 Å². The van der Waals surface area contributed by atoms with Crippen LogP contribution < -0.4 is 5.32 Å². The molecule has 0 radical (unpaired) electrons. The fraction of sp³-hybridized carbons (Fsp3) is 0.812. The minimum Gasteiger partial charge on any atom is -0.312 e. The normalized spacial score (nSPS) is 21.6. The van der Waals surface area contributed by atoms with Gasteiger partial charge in [0.1, 0.15) is 0 Å².